The summed E-state index contributed by atoms with van der Waals surface area (Å²) in [5, 5.41) is 88.9. The fourth-order valence-electron chi connectivity index (χ4n) is 12.6. The van der Waals surface area contributed by atoms with E-state index < -0.39 is 115 Å². The molecule has 44 nitrogen and oxygen atoms in total. The smallest absolute Gasteiger partial charge is 0.308 e. The van der Waals surface area contributed by atoms with Crippen LogP contribution in [-0.2, 0) is 105 Å². The molecule has 0 aliphatic carbocycles. The first-order valence-corrected chi connectivity index (χ1v) is 43.0. The minimum atomic E-state index is -1.26. The third-order valence-electron chi connectivity index (χ3n) is 19.4. The van der Waals surface area contributed by atoms with Crippen molar-refractivity contribution in [2.45, 2.75) is 250 Å². The van der Waals surface area contributed by atoms with Crippen LogP contribution in [0.4, 0.5) is 0 Å². The maximum absolute atomic E-state index is 11.5. The fraction of sp³-hybridized carbons (Fsp3) is 0.453. The number of aryl methyl sites for hydroxylation is 2. The number of carboxylic acid groups (broad SMARTS) is 3. The number of esters is 5. The van der Waals surface area contributed by atoms with Crippen LogP contribution in [0.3, 0.4) is 0 Å². The van der Waals surface area contributed by atoms with Crippen LogP contribution in [0.2, 0.25) is 0 Å². The number of amides is 2. The second-order valence-corrected chi connectivity index (χ2v) is 32.1. The number of carbonyl (C=O) groups is 20. The summed E-state index contributed by atoms with van der Waals surface area (Å²) in [4.78, 5) is 223. The molecule has 0 radical (unpaired) electrons. The van der Waals surface area contributed by atoms with Crippen LogP contribution in [0, 0.1) is 31.6 Å². The van der Waals surface area contributed by atoms with Crippen molar-refractivity contribution in [3.63, 3.8) is 0 Å². The molecule has 2 amide bonds. The summed E-state index contributed by atoms with van der Waals surface area (Å²) in [5.74, 6) is -6.50. The molecule has 14 N–H and O–H groups in total. The number of ketones is 4. The number of hydrogen-bond acceptors (Lipinski definition) is 35. The van der Waals surface area contributed by atoms with Crippen LogP contribution < -0.4 is 30.4 Å². The van der Waals surface area contributed by atoms with E-state index in [4.69, 9.17) is 58.4 Å². The van der Waals surface area contributed by atoms with Gasteiger partial charge in [0.15, 0.2) is 52.8 Å². The molecule has 2 aliphatic rings. The van der Waals surface area contributed by atoms with Gasteiger partial charge < -0.3 is 119 Å². The summed E-state index contributed by atoms with van der Waals surface area (Å²) in [7, 11) is 0. The number of hydrogen-bond donors (Lipinski definition) is 14. The number of carbonyl (C=O) groups excluding carboxylic acids is 17. The number of aromatic amines is 2. The van der Waals surface area contributed by atoms with Gasteiger partial charge >= 0.3 is 47.8 Å². The van der Waals surface area contributed by atoms with Gasteiger partial charge in [0.1, 0.15) is 73.6 Å². The molecule has 2 fully saturated rings. The Morgan fingerprint density at radius 2 is 0.842 bits per heavy atom. The molecule has 8 aromatic rings. The molecule has 10 rings (SSSR count). The van der Waals surface area contributed by atoms with Gasteiger partial charge in [-0.15, -0.1) is 5.48 Å². The lowest BCUT2D eigenvalue weighted by Gasteiger charge is -2.45. The normalized spacial score (nSPS) is 17.5. The highest BCUT2D eigenvalue weighted by Gasteiger charge is 2.49. The van der Waals surface area contributed by atoms with E-state index in [0.717, 1.165) is 44.7 Å². The molecule has 13 atom stereocenters. The van der Waals surface area contributed by atoms with Crippen molar-refractivity contribution in [2.75, 3.05) is 13.2 Å². The number of nitrogens with zero attached hydrogens (tertiary/aromatic N) is 2. The van der Waals surface area contributed by atoms with Crippen LogP contribution in [0.15, 0.2) is 97.6 Å². The van der Waals surface area contributed by atoms with Gasteiger partial charge in [-0.05, 0) is 106 Å². The minimum absolute atomic E-state index is 0.0150. The Balaban J connectivity index is 0.000000787. The molecule has 0 spiro atoms. The Morgan fingerprint density at radius 1 is 0.453 bits per heavy atom. The maximum atomic E-state index is 11.5. The fourth-order valence-corrected chi connectivity index (χ4v) is 12.6. The summed E-state index contributed by atoms with van der Waals surface area (Å²) in [6.07, 6.45) is 1.53. The van der Waals surface area contributed by atoms with E-state index >= 15 is 0 Å². The molecular formula is C95H125N7O37. The summed E-state index contributed by atoms with van der Waals surface area (Å²) in [6, 6.07) is 18.9. The lowest BCUT2D eigenvalue weighted by atomic mass is 9.83. The predicted octanol–water partition coefficient (Wildman–Crippen LogP) is 7.34. The van der Waals surface area contributed by atoms with Crippen LogP contribution in [-0.4, -0.2) is 271 Å². The van der Waals surface area contributed by atoms with Gasteiger partial charge in [-0.25, -0.2) is 0 Å². The van der Waals surface area contributed by atoms with Crippen molar-refractivity contribution in [1.82, 2.24) is 35.2 Å². The molecule has 0 unspecified atom stereocenters. The molecule has 0 saturated carbocycles. The molecule has 2 aliphatic heterocycles. The number of fused-ring (bicyclic) bond motifs is 4. The molecule has 0 bridgehead atoms. The van der Waals surface area contributed by atoms with Crippen molar-refractivity contribution in [2.24, 2.45) is 17.8 Å². The number of nitrogens with one attached hydrogen (secondary N) is 5. The van der Waals surface area contributed by atoms with E-state index in [-0.39, 0.29) is 140 Å². The molecule has 6 heterocycles. The highest BCUT2D eigenvalue weighted by Crippen LogP contribution is 2.36. The Morgan fingerprint density at radius 3 is 1.24 bits per heavy atom. The number of hydroxylamine groups is 1. The lowest BCUT2D eigenvalue weighted by molar-refractivity contribution is -0.238. The summed E-state index contributed by atoms with van der Waals surface area (Å²) in [5.41, 5.74) is 8.58. The Bertz CT molecular complexity index is 5340. The van der Waals surface area contributed by atoms with E-state index in [1.807, 2.05) is 84.9 Å². The number of aromatic nitrogens is 4. The first-order valence-electron chi connectivity index (χ1n) is 43.0. The summed E-state index contributed by atoms with van der Waals surface area (Å²) >= 11 is 0. The van der Waals surface area contributed by atoms with Gasteiger partial charge in [0.2, 0.25) is 23.6 Å². The SMILES string of the molecule is CC(=O)C(C)=O.CC(=O)C(C)=O.CC(=O)N[C@H](C=O)CCC(=O)O.CC(=O)N[C@H](C=O)CCC(=O)O.CC(=O)OC[C@H]1O[C@@H](C(C)C)[C@H](C)[C@@H](OC(C)=O)[C@@H]1OC(C)=O.CC(=O)Oc1cn(C(C)=O)c2ccc(C)cc12.CC(=O)Oc1cn(C(C)=O)c2ccc(O)cc12.CC(C)[C@@H]1O[C@H](CO)[C@@H](O)[C@H](O)[C@H]1O.Cc1ccc2[nH]cc(C=O)c2c1.O=C[C@H](CCC(=O)O)NOc1c[nH]c2ccc(O)cc12. The number of ether oxygens (including phenoxy) is 7. The van der Waals surface area contributed by atoms with E-state index in [1.165, 1.54) is 135 Å². The second kappa shape index (κ2) is 61.6. The number of benzene rings is 4. The third-order valence-corrected chi connectivity index (χ3v) is 19.4. The highest BCUT2D eigenvalue weighted by molar-refractivity contribution is 6.35. The summed E-state index contributed by atoms with van der Waals surface area (Å²) in [6.45, 7) is 30.0. The number of aldehydes is 4. The average Bonchev–Trinajstić information content (AvgIpc) is 1.57. The molecule has 4 aromatic heterocycles. The van der Waals surface area contributed by atoms with E-state index in [0.29, 0.717) is 46.6 Å². The van der Waals surface area contributed by atoms with Crippen molar-refractivity contribution in [3.05, 3.63) is 114 Å². The van der Waals surface area contributed by atoms with Crippen molar-refractivity contribution >= 4 is 163 Å². The van der Waals surface area contributed by atoms with Crippen LogP contribution in [0.5, 0.6) is 28.7 Å². The lowest BCUT2D eigenvalue weighted by Crippen LogP contribution is -2.59. The predicted molar refractivity (Wildman–Crippen MR) is 497 cm³/mol. The quantitative estimate of drug-likeness (QED) is 0.00716. The van der Waals surface area contributed by atoms with E-state index in [2.05, 4.69) is 26.1 Å². The number of Topliss-reactive ketones (excluding diaryl/α,β-unsaturated/α-hetero) is 4. The van der Waals surface area contributed by atoms with Gasteiger partial charge in [-0.1, -0.05) is 57.9 Å². The zero-order valence-electron chi connectivity index (χ0n) is 80.7. The minimum Gasteiger partial charge on any atom is -0.508 e. The number of rotatable bonds is 29. The van der Waals surface area contributed by atoms with Gasteiger partial charge in [0.25, 0.3) is 0 Å². The largest absolute Gasteiger partial charge is 0.508 e. The number of aliphatic hydroxyl groups is 4. The molecule has 139 heavy (non-hydrogen) atoms. The van der Waals surface area contributed by atoms with E-state index in [9.17, 15) is 121 Å². The topological polar surface area (TPSA) is 675 Å². The second-order valence-electron chi connectivity index (χ2n) is 32.1. The average molecular weight is 1960 g/mol. The molecule has 2 saturated heterocycles. The zero-order chi connectivity index (χ0) is 106. The standard InChI is InChI=1S/C16H26O7.C13H14N2O5.C13H13NO3.C12H11NO4.C10H9NO.C9H18O5.2C7H11NO4.2C4H6O2/c1-8(2)14-9(3)15(21-11(5)18)16(22-12(6)19)13(23-14)7-20-10(4)17;16-7-8(1-4-13(18)19)15-20-12-6-14-11-3-2-9(17)5-10(11)12;1-8-4-5-12-11(6-8)13(17-10(3)16)7-14(12)9(2)15;1-7(14)13-6-12(17-8(2)15)10-5-9(16)3-4-11(10)13;1-7-2-3-10-9(4-7)8(6-12)5-11-10;1-4(2)9-8(13)7(12)6(11)5(3-10)14-9;2*1-5(10)8-6(4-9)2-3-7(11)12;2*1-3(5)4(2)6/h8-9,13-16H,7H2,1-6H3;2-3,5-8,14-15,17H,1,4H2,(H,18,19);4-7H,1-3H3;3-6,16H,1-2H3;2-6,11H,1H3;4-13H,3H2,1-2H3;2*4,6H,2-3H2,1H3,(H,8,10)(H,11,12);2*1-2H3/t9-,13+,14-,15+,16+;8-;;;;5-,6-,7+,8-,9+;2*6-;;/m00...100../s1. The molecule has 762 valence electrons. The first-order chi connectivity index (χ1) is 64.9. The van der Waals surface area contributed by atoms with Crippen molar-refractivity contribution in [1.29, 1.82) is 0 Å². The first kappa shape index (κ1) is 123. The van der Waals surface area contributed by atoms with Crippen LogP contribution in [0.1, 0.15) is 194 Å². The Kier molecular flexibility index (Phi) is 54.3. The number of aromatic hydroxyl groups is 2. The Labute approximate surface area is 799 Å². The monoisotopic (exact) mass is 1960 g/mol. The zero-order valence-corrected chi connectivity index (χ0v) is 80.7. The highest BCUT2D eigenvalue weighted by atomic mass is 16.7. The Hall–Kier alpha value is -14.4. The summed E-state index contributed by atoms with van der Waals surface area (Å²) < 4.78 is 39.9. The molecule has 4 aromatic carbocycles. The number of H-pyrrole nitrogens is 2. The van der Waals surface area contributed by atoms with Gasteiger partial charge in [-0.2, -0.15) is 0 Å². The molecular weight excluding hydrogens is 1830 g/mol. The molecule has 44 heteroatoms. The number of phenolic OH excluding ortho intramolecular Hbond substituents is 2. The van der Waals surface area contributed by atoms with Crippen LogP contribution >= 0.6 is 0 Å². The van der Waals surface area contributed by atoms with Gasteiger partial charge in [0, 0.05) is 166 Å². The van der Waals surface area contributed by atoms with Crippen molar-refractivity contribution in [3.8, 4) is 28.7 Å². The third kappa shape index (κ3) is 44.5. The number of phenols is 2. The van der Waals surface area contributed by atoms with Crippen LogP contribution in [0.25, 0.3) is 43.6 Å². The van der Waals surface area contributed by atoms with Gasteiger partial charge in [0.05, 0.1) is 60.4 Å². The number of aliphatic hydroxyl groups excluding tert-OH is 4. The number of aliphatic carboxylic acids is 3. The van der Waals surface area contributed by atoms with Crippen molar-refractivity contribution < 1.29 is 180 Å². The maximum Gasteiger partial charge on any atom is 0.308 e. The number of carboxylic acids is 3. The van der Waals surface area contributed by atoms with E-state index in [1.54, 1.807) is 30.7 Å². The van der Waals surface area contributed by atoms with Gasteiger partial charge in [-0.3, -0.25) is 90.6 Å².